The van der Waals surface area contributed by atoms with Crippen LogP contribution < -0.4 is 0 Å². The number of thioether (sulfide) groups is 1. The van der Waals surface area contributed by atoms with Crippen LogP contribution in [-0.2, 0) is 23.8 Å². The van der Waals surface area contributed by atoms with Crippen LogP contribution in [0.25, 0.3) is 22.4 Å². The molecule has 4 aromatic rings. The van der Waals surface area contributed by atoms with Crippen molar-refractivity contribution in [3.8, 4) is 11.5 Å². The number of fused-ring (bicyclic) bond motifs is 1. The number of rotatable bonds is 7. The molecule has 4 rings (SSSR count). The van der Waals surface area contributed by atoms with Gasteiger partial charge in [0.25, 0.3) is 0 Å². The van der Waals surface area contributed by atoms with Gasteiger partial charge in [-0.2, -0.15) is 13.2 Å². The topological polar surface area (TPSA) is 76.5 Å². The molecule has 0 aliphatic carbocycles. The fourth-order valence-corrected chi connectivity index (χ4v) is 4.54. The number of aliphatic carboxylic acids is 1. The van der Waals surface area contributed by atoms with Crippen LogP contribution in [0.5, 0.6) is 0 Å². The lowest BCUT2D eigenvalue weighted by molar-refractivity contribution is -0.138. The first-order valence-electron chi connectivity index (χ1n) is 10.1. The van der Waals surface area contributed by atoms with Crippen LogP contribution in [0.2, 0.25) is 0 Å². The summed E-state index contributed by atoms with van der Waals surface area (Å²) < 4.78 is 49.7. The summed E-state index contributed by atoms with van der Waals surface area (Å²) >= 11 is 1.61. The molecule has 0 spiro atoms. The Balaban J connectivity index is 1.45. The molecule has 0 amide bonds. The Labute approximate surface area is 191 Å². The third-order valence-corrected chi connectivity index (χ3v) is 6.23. The van der Waals surface area contributed by atoms with E-state index in [1.165, 1.54) is 18.4 Å². The summed E-state index contributed by atoms with van der Waals surface area (Å²) in [4.78, 5) is 16.3. The molecule has 0 fully saturated rings. The Kier molecular flexibility index (Phi) is 6.25. The van der Waals surface area contributed by atoms with Crippen LogP contribution in [0.15, 0.2) is 62.5 Å². The molecule has 0 aliphatic rings. The quantitative estimate of drug-likeness (QED) is 0.298. The number of carboxylic acid groups (broad SMARTS) is 1. The molecule has 1 unspecified atom stereocenters. The van der Waals surface area contributed by atoms with Gasteiger partial charge < -0.3 is 13.9 Å². The van der Waals surface area contributed by atoms with Crippen LogP contribution in [0.4, 0.5) is 13.2 Å². The van der Waals surface area contributed by atoms with Gasteiger partial charge in [0.05, 0.1) is 23.9 Å². The Morgan fingerprint density at radius 1 is 1.18 bits per heavy atom. The number of aromatic nitrogens is 1. The summed E-state index contributed by atoms with van der Waals surface area (Å²) in [6.45, 7) is 3.84. The zero-order chi connectivity index (χ0) is 23.8. The van der Waals surface area contributed by atoms with Crippen LogP contribution >= 0.6 is 11.8 Å². The van der Waals surface area contributed by atoms with E-state index >= 15 is 0 Å². The molecule has 172 valence electrons. The fraction of sp³-hybridized carbons (Fsp3) is 0.250. The Bertz CT molecular complexity index is 1290. The Hall–Kier alpha value is -3.20. The van der Waals surface area contributed by atoms with Gasteiger partial charge in [-0.05, 0) is 49.4 Å². The number of hydrogen-bond acceptors (Lipinski definition) is 5. The molecule has 0 radical (unpaired) electrons. The van der Waals surface area contributed by atoms with Gasteiger partial charge in [0.15, 0.2) is 0 Å². The molecule has 0 saturated heterocycles. The van der Waals surface area contributed by atoms with E-state index in [1.54, 1.807) is 11.8 Å². The first kappa shape index (κ1) is 23.0. The number of furan rings is 1. The molecule has 2 heterocycles. The average Bonchev–Trinajstić information content (AvgIpc) is 3.30. The van der Waals surface area contributed by atoms with Crippen LogP contribution in [-0.4, -0.2) is 21.3 Å². The number of nitrogens with zero attached hydrogens (tertiary/aromatic N) is 1. The van der Waals surface area contributed by atoms with E-state index in [1.807, 2.05) is 32.0 Å². The summed E-state index contributed by atoms with van der Waals surface area (Å²) in [5.41, 5.74) is 1.72. The van der Waals surface area contributed by atoms with Crippen LogP contribution in [0, 0.1) is 6.92 Å². The van der Waals surface area contributed by atoms with Gasteiger partial charge in [-0.25, -0.2) is 4.98 Å². The van der Waals surface area contributed by atoms with Crippen molar-refractivity contribution < 1.29 is 31.9 Å². The van der Waals surface area contributed by atoms with Gasteiger partial charge in [0.2, 0.25) is 5.89 Å². The van der Waals surface area contributed by atoms with Crippen molar-refractivity contribution in [1.29, 1.82) is 0 Å². The summed E-state index contributed by atoms with van der Waals surface area (Å²) in [5, 5.41) is 9.89. The molecule has 5 nitrogen and oxygen atoms in total. The fourth-order valence-electron chi connectivity index (χ4n) is 3.51. The van der Waals surface area contributed by atoms with E-state index in [-0.39, 0.29) is 17.6 Å². The lowest BCUT2D eigenvalue weighted by Gasteiger charge is -2.10. The lowest BCUT2D eigenvalue weighted by Crippen LogP contribution is -2.03. The molecule has 0 saturated carbocycles. The molecule has 2 aromatic carbocycles. The largest absolute Gasteiger partial charge is 0.481 e. The second-order valence-corrected chi connectivity index (χ2v) is 9.24. The van der Waals surface area contributed by atoms with E-state index in [0.29, 0.717) is 34.6 Å². The maximum atomic E-state index is 12.8. The highest BCUT2D eigenvalue weighted by atomic mass is 32.2. The maximum Gasteiger partial charge on any atom is 0.416 e. The number of hydrogen-bond donors (Lipinski definition) is 1. The van der Waals surface area contributed by atoms with Crippen molar-refractivity contribution in [2.24, 2.45) is 0 Å². The first-order chi connectivity index (χ1) is 15.6. The molecule has 0 aliphatic heterocycles. The standard InChI is InChI=1S/C24H20F3NO4S/c1-13(33-18-7-8-19-16(10-22(29)30)12-31-21(19)11-18)9-20-14(2)28-23(32-20)15-3-5-17(6-4-15)24(25,26)27/h3-8,11-13H,9-10H2,1-2H3,(H,29,30). The van der Waals surface area contributed by atoms with Gasteiger partial charge >= 0.3 is 12.1 Å². The second kappa shape index (κ2) is 8.97. The number of halogens is 3. The maximum absolute atomic E-state index is 12.8. The van der Waals surface area contributed by atoms with Gasteiger partial charge in [0, 0.05) is 33.1 Å². The number of carbonyl (C=O) groups is 1. The smallest absolute Gasteiger partial charge is 0.416 e. The van der Waals surface area contributed by atoms with E-state index in [9.17, 15) is 18.0 Å². The van der Waals surface area contributed by atoms with Gasteiger partial charge in [-0.3, -0.25) is 4.79 Å². The highest BCUT2D eigenvalue weighted by Crippen LogP contribution is 2.33. The SMILES string of the molecule is Cc1nc(-c2ccc(C(F)(F)F)cc2)oc1CC(C)Sc1ccc2c(CC(=O)O)coc2c1. The monoisotopic (exact) mass is 475 g/mol. The zero-order valence-electron chi connectivity index (χ0n) is 17.8. The van der Waals surface area contributed by atoms with E-state index < -0.39 is 17.7 Å². The minimum absolute atomic E-state index is 0.0953. The number of benzene rings is 2. The second-order valence-electron chi connectivity index (χ2n) is 7.72. The zero-order valence-corrected chi connectivity index (χ0v) is 18.6. The highest BCUT2D eigenvalue weighted by molar-refractivity contribution is 8.00. The molecule has 33 heavy (non-hydrogen) atoms. The highest BCUT2D eigenvalue weighted by Gasteiger charge is 2.30. The Morgan fingerprint density at radius 2 is 1.91 bits per heavy atom. The number of oxazole rings is 1. The first-order valence-corrected chi connectivity index (χ1v) is 11.0. The minimum atomic E-state index is -4.39. The van der Waals surface area contributed by atoms with Crippen molar-refractivity contribution >= 4 is 28.7 Å². The summed E-state index contributed by atoms with van der Waals surface area (Å²) in [7, 11) is 0. The van der Waals surface area contributed by atoms with E-state index in [0.717, 1.165) is 22.4 Å². The minimum Gasteiger partial charge on any atom is -0.481 e. The molecule has 1 N–H and O–H groups in total. The summed E-state index contributed by atoms with van der Waals surface area (Å²) in [6, 6.07) is 10.4. The number of carboxylic acids is 1. The van der Waals surface area contributed by atoms with Crippen molar-refractivity contribution in [3.63, 3.8) is 0 Å². The van der Waals surface area contributed by atoms with Crippen molar-refractivity contribution in [3.05, 3.63) is 71.3 Å². The summed E-state index contributed by atoms with van der Waals surface area (Å²) in [6.07, 6.45) is -2.44. The Morgan fingerprint density at radius 3 is 2.58 bits per heavy atom. The van der Waals surface area contributed by atoms with E-state index in [4.69, 9.17) is 13.9 Å². The predicted octanol–water partition coefficient (Wildman–Crippen LogP) is 6.77. The average molecular weight is 475 g/mol. The number of aryl methyl sites for hydroxylation is 1. The van der Waals surface area contributed by atoms with Crippen LogP contribution in [0.1, 0.15) is 29.5 Å². The molecular weight excluding hydrogens is 455 g/mol. The van der Waals surface area contributed by atoms with Crippen molar-refractivity contribution in [2.45, 2.75) is 43.0 Å². The lowest BCUT2D eigenvalue weighted by atomic mass is 10.1. The normalized spacial score (nSPS) is 12.9. The molecule has 1 atom stereocenters. The van der Waals surface area contributed by atoms with Gasteiger partial charge in [-0.15, -0.1) is 11.8 Å². The van der Waals surface area contributed by atoms with Gasteiger partial charge in [0.1, 0.15) is 11.3 Å². The predicted molar refractivity (Wildman–Crippen MR) is 118 cm³/mol. The van der Waals surface area contributed by atoms with Crippen molar-refractivity contribution in [2.75, 3.05) is 0 Å². The van der Waals surface area contributed by atoms with E-state index in [2.05, 4.69) is 4.98 Å². The van der Waals surface area contributed by atoms with Crippen molar-refractivity contribution in [1.82, 2.24) is 4.98 Å². The third kappa shape index (κ3) is 5.24. The molecule has 2 aromatic heterocycles. The van der Waals surface area contributed by atoms with Crippen LogP contribution in [0.3, 0.4) is 0 Å². The van der Waals surface area contributed by atoms with Gasteiger partial charge in [-0.1, -0.05) is 6.92 Å². The third-order valence-electron chi connectivity index (χ3n) is 5.13. The molecular formula is C24H20F3NO4S. The number of alkyl halides is 3. The molecule has 0 bridgehead atoms. The molecule has 9 heteroatoms. The summed E-state index contributed by atoms with van der Waals surface area (Å²) in [5.74, 6) is 0.0481.